The Balaban J connectivity index is 1.51. The third kappa shape index (κ3) is 4.75. The first-order valence-corrected chi connectivity index (χ1v) is 8.61. The van der Waals surface area contributed by atoms with Crippen molar-refractivity contribution in [1.29, 1.82) is 0 Å². The van der Waals surface area contributed by atoms with Crippen LogP contribution >= 0.6 is 0 Å². The molecule has 3 amide bonds. The average Bonchev–Trinajstić information content (AvgIpc) is 3.49. The van der Waals surface area contributed by atoms with Crippen LogP contribution in [-0.4, -0.2) is 31.0 Å². The molecule has 1 saturated carbocycles. The first-order chi connectivity index (χ1) is 12.5. The third-order valence-electron chi connectivity index (χ3n) is 4.28. The minimum atomic E-state index is -0.199. The zero-order valence-corrected chi connectivity index (χ0v) is 15.0. The molecule has 2 aromatic rings. The molecule has 1 aliphatic carbocycles. The molecule has 0 spiro atoms. The molecule has 136 valence electrons. The maximum atomic E-state index is 12.3. The van der Waals surface area contributed by atoms with Gasteiger partial charge in [0.2, 0.25) is 5.91 Å². The average molecular weight is 353 g/mol. The van der Waals surface area contributed by atoms with Crippen LogP contribution in [0.4, 0.5) is 16.2 Å². The van der Waals surface area contributed by atoms with Gasteiger partial charge < -0.3 is 20.3 Å². The van der Waals surface area contributed by atoms with Crippen LogP contribution in [-0.2, 0) is 11.3 Å². The number of methoxy groups -OCH3 is 1. The molecule has 0 bridgehead atoms. The zero-order valence-electron chi connectivity index (χ0n) is 15.0. The molecular weight excluding hydrogens is 330 g/mol. The summed E-state index contributed by atoms with van der Waals surface area (Å²) in [6.07, 6.45) is 1.95. The number of carbonyl (C=O) groups is 2. The van der Waals surface area contributed by atoms with Crippen LogP contribution in [0.5, 0.6) is 5.75 Å². The summed E-state index contributed by atoms with van der Waals surface area (Å²) in [6.45, 7) is 0.491. The van der Waals surface area contributed by atoms with E-state index in [0.717, 1.165) is 29.8 Å². The van der Waals surface area contributed by atoms with E-state index >= 15 is 0 Å². The molecule has 2 N–H and O–H groups in total. The molecule has 0 aromatic heterocycles. The highest BCUT2D eigenvalue weighted by Gasteiger charge is 2.29. The third-order valence-corrected chi connectivity index (χ3v) is 4.28. The predicted octanol–water partition coefficient (Wildman–Crippen LogP) is 3.71. The van der Waals surface area contributed by atoms with E-state index in [1.807, 2.05) is 24.3 Å². The lowest BCUT2D eigenvalue weighted by molar-refractivity contribution is -0.117. The first-order valence-electron chi connectivity index (χ1n) is 8.61. The standard InChI is InChI=1S/C20H23N3O3/c1-23(13-14-3-11-18(26-2)12-4-14)20(25)22-17-9-7-16(8-10-17)21-19(24)15-5-6-15/h3-4,7-12,15H,5-6,13H2,1-2H3,(H,21,24)(H,22,25). The molecule has 0 aliphatic heterocycles. The van der Waals surface area contributed by atoms with Crippen LogP contribution in [0, 0.1) is 5.92 Å². The molecule has 0 heterocycles. The Bertz CT molecular complexity index is 768. The molecule has 6 nitrogen and oxygen atoms in total. The van der Waals surface area contributed by atoms with Crippen molar-refractivity contribution >= 4 is 23.3 Å². The summed E-state index contributed by atoms with van der Waals surface area (Å²) in [5.74, 6) is 1.02. The molecular formula is C20H23N3O3. The lowest BCUT2D eigenvalue weighted by Gasteiger charge is -2.18. The van der Waals surface area contributed by atoms with Crippen molar-refractivity contribution in [3.8, 4) is 5.75 Å². The molecule has 0 atom stereocenters. The number of urea groups is 1. The summed E-state index contributed by atoms with van der Waals surface area (Å²) in [4.78, 5) is 25.7. The number of rotatable bonds is 6. The largest absolute Gasteiger partial charge is 0.497 e. The molecule has 0 unspecified atom stereocenters. The SMILES string of the molecule is COc1ccc(CN(C)C(=O)Nc2ccc(NC(=O)C3CC3)cc2)cc1. The van der Waals surface area contributed by atoms with Gasteiger partial charge in [-0.15, -0.1) is 0 Å². The van der Waals surface area contributed by atoms with Gasteiger partial charge in [0.05, 0.1) is 7.11 Å². The molecule has 1 aliphatic rings. The molecule has 0 radical (unpaired) electrons. The van der Waals surface area contributed by atoms with Crippen molar-refractivity contribution in [2.24, 2.45) is 5.92 Å². The first kappa shape index (κ1) is 17.8. The van der Waals surface area contributed by atoms with Crippen molar-refractivity contribution in [1.82, 2.24) is 4.90 Å². The van der Waals surface area contributed by atoms with Gasteiger partial charge in [-0.05, 0) is 54.8 Å². The second-order valence-electron chi connectivity index (χ2n) is 6.48. The van der Waals surface area contributed by atoms with Crippen molar-refractivity contribution in [2.75, 3.05) is 24.8 Å². The van der Waals surface area contributed by atoms with Crippen molar-refractivity contribution in [3.63, 3.8) is 0 Å². The van der Waals surface area contributed by atoms with E-state index in [1.54, 1.807) is 43.3 Å². The number of nitrogens with one attached hydrogen (secondary N) is 2. The van der Waals surface area contributed by atoms with E-state index in [0.29, 0.717) is 12.2 Å². The molecule has 0 saturated heterocycles. The van der Waals surface area contributed by atoms with Crippen molar-refractivity contribution in [3.05, 3.63) is 54.1 Å². The molecule has 26 heavy (non-hydrogen) atoms. The minimum absolute atomic E-state index is 0.0704. The second kappa shape index (κ2) is 7.91. The Labute approximate surface area is 153 Å². The zero-order chi connectivity index (χ0) is 18.5. The van der Waals surface area contributed by atoms with Crippen LogP contribution in [0.15, 0.2) is 48.5 Å². The summed E-state index contributed by atoms with van der Waals surface area (Å²) in [5, 5.41) is 5.73. The fourth-order valence-electron chi connectivity index (χ4n) is 2.52. The van der Waals surface area contributed by atoms with Gasteiger partial charge in [-0.25, -0.2) is 4.79 Å². The van der Waals surface area contributed by atoms with Crippen molar-refractivity contribution in [2.45, 2.75) is 19.4 Å². The van der Waals surface area contributed by atoms with Crippen LogP contribution in [0.1, 0.15) is 18.4 Å². The lowest BCUT2D eigenvalue weighted by Crippen LogP contribution is -2.30. The molecule has 2 aromatic carbocycles. The number of ether oxygens (including phenoxy) is 1. The molecule has 3 rings (SSSR count). The second-order valence-corrected chi connectivity index (χ2v) is 6.48. The summed E-state index contributed by atoms with van der Waals surface area (Å²) in [7, 11) is 3.36. The van der Waals surface area contributed by atoms with Crippen LogP contribution in [0.3, 0.4) is 0 Å². The molecule has 1 fully saturated rings. The summed E-state index contributed by atoms with van der Waals surface area (Å²) in [5.41, 5.74) is 2.44. The quantitative estimate of drug-likeness (QED) is 0.832. The van der Waals surface area contributed by atoms with E-state index in [2.05, 4.69) is 10.6 Å². The van der Waals surface area contributed by atoms with Gasteiger partial charge in [0, 0.05) is 30.9 Å². The van der Waals surface area contributed by atoms with Gasteiger partial charge in [0.15, 0.2) is 0 Å². The maximum Gasteiger partial charge on any atom is 0.321 e. The van der Waals surface area contributed by atoms with Gasteiger partial charge in [-0.2, -0.15) is 0 Å². The number of hydrogen-bond donors (Lipinski definition) is 2. The molecule has 6 heteroatoms. The minimum Gasteiger partial charge on any atom is -0.497 e. The number of amides is 3. The van der Waals surface area contributed by atoms with Crippen LogP contribution in [0.25, 0.3) is 0 Å². The van der Waals surface area contributed by atoms with E-state index in [4.69, 9.17) is 4.74 Å². The van der Waals surface area contributed by atoms with Gasteiger partial charge in [0.25, 0.3) is 0 Å². The Kier molecular flexibility index (Phi) is 5.41. The number of nitrogens with zero attached hydrogens (tertiary/aromatic N) is 1. The topological polar surface area (TPSA) is 70.7 Å². The lowest BCUT2D eigenvalue weighted by atomic mass is 10.2. The Hall–Kier alpha value is -3.02. The highest BCUT2D eigenvalue weighted by molar-refractivity contribution is 5.94. The van der Waals surface area contributed by atoms with Gasteiger partial charge >= 0.3 is 6.03 Å². The number of anilines is 2. The van der Waals surface area contributed by atoms with Gasteiger partial charge in [-0.1, -0.05) is 12.1 Å². The van der Waals surface area contributed by atoms with Crippen molar-refractivity contribution < 1.29 is 14.3 Å². The fourth-order valence-corrected chi connectivity index (χ4v) is 2.52. The Morgan fingerprint density at radius 3 is 2.12 bits per heavy atom. The van der Waals surface area contributed by atoms with Crippen LogP contribution in [0.2, 0.25) is 0 Å². The summed E-state index contributed by atoms with van der Waals surface area (Å²) >= 11 is 0. The van der Waals surface area contributed by atoms with E-state index in [-0.39, 0.29) is 17.9 Å². The fraction of sp³-hybridized carbons (Fsp3) is 0.300. The van der Waals surface area contributed by atoms with E-state index in [9.17, 15) is 9.59 Å². The smallest absolute Gasteiger partial charge is 0.321 e. The summed E-state index contributed by atoms with van der Waals surface area (Å²) in [6, 6.07) is 14.5. The van der Waals surface area contributed by atoms with Gasteiger partial charge in [-0.3, -0.25) is 4.79 Å². The normalized spacial score (nSPS) is 13.0. The number of hydrogen-bond acceptors (Lipinski definition) is 3. The van der Waals surface area contributed by atoms with E-state index in [1.165, 1.54) is 0 Å². The maximum absolute atomic E-state index is 12.3. The highest BCUT2D eigenvalue weighted by atomic mass is 16.5. The number of carbonyl (C=O) groups excluding carboxylic acids is 2. The number of benzene rings is 2. The summed E-state index contributed by atoms with van der Waals surface area (Å²) < 4.78 is 5.13. The Morgan fingerprint density at radius 2 is 1.58 bits per heavy atom. The predicted molar refractivity (Wildman–Crippen MR) is 101 cm³/mol. The monoisotopic (exact) mass is 353 g/mol. The van der Waals surface area contributed by atoms with Crippen LogP contribution < -0.4 is 15.4 Å². The highest BCUT2D eigenvalue weighted by Crippen LogP contribution is 2.30. The Morgan fingerprint density at radius 1 is 1.00 bits per heavy atom. The van der Waals surface area contributed by atoms with Gasteiger partial charge in [0.1, 0.15) is 5.75 Å². The van der Waals surface area contributed by atoms with E-state index < -0.39 is 0 Å².